The van der Waals surface area contributed by atoms with Crippen molar-refractivity contribution in [3.05, 3.63) is 46.5 Å². The molecule has 2 amide bonds. The fourth-order valence-electron chi connectivity index (χ4n) is 3.31. The van der Waals surface area contributed by atoms with Crippen LogP contribution in [-0.2, 0) is 19.2 Å². The first-order chi connectivity index (χ1) is 16.3. The van der Waals surface area contributed by atoms with Gasteiger partial charge in [0.15, 0.2) is 16.6 Å². The van der Waals surface area contributed by atoms with Crippen LogP contribution >= 0.6 is 47.3 Å². The lowest BCUT2D eigenvalue weighted by Crippen LogP contribution is -2.71. The number of furan rings is 1. The van der Waals surface area contributed by atoms with E-state index in [0.717, 1.165) is 28.0 Å². The molecule has 12 nitrogen and oxygen atoms in total. The number of thioether (sulfide) groups is 2. The second-order valence-corrected chi connectivity index (χ2v) is 9.81. The van der Waals surface area contributed by atoms with Crippen LogP contribution in [0.1, 0.15) is 16.2 Å². The molecule has 16 heteroatoms. The van der Waals surface area contributed by atoms with Gasteiger partial charge in [-0.2, -0.15) is 0 Å². The van der Waals surface area contributed by atoms with Crippen molar-refractivity contribution in [2.75, 3.05) is 24.3 Å². The quantitative estimate of drug-likeness (QED) is 0.242. The van der Waals surface area contributed by atoms with E-state index in [9.17, 15) is 24.3 Å². The largest absolute Gasteiger partial charge is 0.477 e. The number of nitrogens with one attached hydrogen (secondary N) is 1. The molecule has 0 aliphatic carbocycles. The number of amides is 2. The zero-order valence-corrected chi connectivity index (χ0v) is 21.1. The normalized spacial score (nSPS) is 19.4. The Kier molecular flexibility index (Phi) is 8.47. The van der Waals surface area contributed by atoms with Crippen LogP contribution < -0.4 is 11.1 Å². The standard InChI is InChI=1S/C19H17N5O7S3.ClH/c1-30-23-11(9-7-34-19(20)21-9)14(25)22-12-15(26)24-13(17(27)28)8(5-32-16(12)24)6-33-18(29)10-3-2-4-31-10;/h2-4,7,12,16H,5-6H2,1H3,(H2,20,21)(H,22,25)(H,27,28);1H/t12-,16+;/m1./s1. The fourth-order valence-corrected chi connectivity index (χ4v) is 6.14. The van der Waals surface area contributed by atoms with Gasteiger partial charge >= 0.3 is 5.97 Å². The van der Waals surface area contributed by atoms with Gasteiger partial charge in [0.2, 0.25) is 0 Å². The van der Waals surface area contributed by atoms with Crippen molar-refractivity contribution in [2.45, 2.75) is 11.4 Å². The molecule has 2 aromatic heterocycles. The topological polar surface area (TPSA) is 177 Å². The van der Waals surface area contributed by atoms with Crippen molar-refractivity contribution >= 4 is 81.0 Å². The molecule has 0 radical (unpaired) electrons. The van der Waals surface area contributed by atoms with E-state index in [2.05, 4.69) is 15.5 Å². The number of carbonyl (C=O) groups excluding carboxylic acids is 3. The molecule has 1 fully saturated rings. The molecule has 35 heavy (non-hydrogen) atoms. The number of nitrogens with zero attached hydrogens (tertiary/aromatic N) is 3. The summed E-state index contributed by atoms with van der Waals surface area (Å²) in [6, 6.07) is 2.13. The van der Waals surface area contributed by atoms with Crippen LogP contribution in [0, 0.1) is 0 Å². The molecular weight excluding hydrogens is 542 g/mol. The number of aliphatic carboxylic acids is 1. The number of halogens is 1. The van der Waals surface area contributed by atoms with Gasteiger partial charge in [-0.1, -0.05) is 16.9 Å². The first-order valence-corrected chi connectivity index (χ1v) is 12.5. The molecule has 0 unspecified atom stereocenters. The van der Waals surface area contributed by atoms with Gasteiger partial charge in [-0.05, 0) is 17.7 Å². The van der Waals surface area contributed by atoms with Crippen LogP contribution in [0.2, 0.25) is 0 Å². The molecule has 0 saturated carbocycles. The second kappa shape index (κ2) is 11.2. The van der Waals surface area contributed by atoms with Crippen molar-refractivity contribution in [3.8, 4) is 0 Å². The molecule has 2 aliphatic heterocycles. The van der Waals surface area contributed by atoms with Gasteiger partial charge in [0.25, 0.3) is 16.9 Å². The molecule has 4 heterocycles. The van der Waals surface area contributed by atoms with Crippen molar-refractivity contribution in [2.24, 2.45) is 5.16 Å². The van der Waals surface area contributed by atoms with E-state index >= 15 is 0 Å². The lowest BCUT2D eigenvalue weighted by Gasteiger charge is -2.49. The van der Waals surface area contributed by atoms with Crippen LogP contribution in [0.3, 0.4) is 0 Å². The first kappa shape index (κ1) is 26.6. The number of hydrogen-bond acceptors (Lipinski definition) is 12. The molecule has 4 rings (SSSR count). The number of β-lactam (4-membered cyclic amide) rings is 1. The molecule has 2 aliphatic rings. The lowest BCUT2D eigenvalue weighted by molar-refractivity contribution is -0.150. The average molecular weight is 560 g/mol. The number of rotatable bonds is 8. The number of anilines is 1. The maximum absolute atomic E-state index is 12.8. The SMILES string of the molecule is CON=C(C(=O)N[C@@H]1C(=O)N2C(C(=O)O)=C(CSC(=O)c3ccco3)CS[C@@H]12)c1csc(N)n1.Cl. The number of thiazole rings is 1. The number of carboxylic acid groups (broad SMARTS) is 1. The van der Waals surface area contributed by atoms with E-state index in [-0.39, 0.29) is 57.0 Å². The Balaban J connectivity index is 0.00000342. The van der Waals surface area contributed by atoms with Crippen LogP contribution in [-0.4, -0.2) is 73.6 Å². The molecule has 0 bridgehead atoms. The van der Waals surface area contributed by atoms with Crippen LogP contribution in [0.25, 0.3) is 0 Å². The number of carboxylic acids is 1. The highest BCUT2D eigenvalue weighted by Gasteiger charge is 2.54. The minimum Gasteiger partial charge on any atom is -0.477 e. The smallest absolute Gasteiger partial charge is 0.352 e. The maximum Gasteiger partial charge on any atom is 0.352 e. The Morgan fingerprint density at radius 1 is 1.46 bits per heavy atom. The zero-order chi connectivity index (χ0) is 24.4. The number of oxime groups is 1. The van der Waals surface area contributed by atoms with E-state index in [1.54, 1.807) is 6.07 Å². The van der Waals surface area contributed by atoms with Crippen LogP contribution in [0.4, 0.5) is 5.13 Å². The van der Waals surface area contributed by atoms with Gasteiger partial charge in [-0.3, -0.25) is 19.3 Å². The Labute approximate surface area is 216 Å². The molecule has 2 aromatic rings. The molecule has 4 N–H and O–H groups in total. The van der Waals surface area contributed by atoms with E-state index in [1.807, 2.05) is 0 Å². The summed E-state index contributed by atoms with van der Waals surface area (Å²) in [5.41, 5.74) is 5.89. The van der Waals surface area contributed by atoms with E-state index in [1.165, 1.54) is 36.6 Å². The van der Waals surface area contributed by atoms with Crippen molar-refractivity contribution in [3.63, 3.8) is 0 Å². The third-order valence-corrected chi connectivity index (χ3v) is 7.77. The molecule has 0 spiro atoms. The average Bonchev–Trinajstić information content (AvgIpc) is 3.50. The van der Waals surface area contributed by atoms with E-state index < -0.39 is 29.2 Å². The summed E-state index contributed by atoms with van der Waals surface area (Å²) in [4.78, 5) is 59.6. The van der Waals surface area contributed by atoms with Gasteiger partial charge in [0.1, 0.15) is 29.9 Å². The molecule has 1 saturated heterocycles. The molecule has 186 valence electrons. The monoisotopic (exact) mass is 559 g/mol. The maximum atomic E-state index is 12.8. The highest BCUT2D eigenvalue weighted by atomic mass is 35.5. The van der Waals surface area contributed by atoms with Gasteiger partial charge in [0.05, 0.1) is 6.26 Å². The Morgan fingerprint density at radius 2 is 2.23 bits per heavy atom. The summed E-state index contributed by atoms with van der Waals surface area (Å²) in [5, 5.41) is 16.8. The fraction of sp³-hybridized carbons (Fsp3) is 0.263. The number of hydrogen-bond donors (Lipinski definition) is 3. The number of nitrogen functional groups attached to an aromatic ring is 1. The van der Waals surface area contributed by atoms with Gasteiger partial charge in [-0.25, -0.2) is 9.78 Å². The zero-order valence-electron chi connectivity index (χ0n) is 17.8. The minimum atomic E-state index is -1.29. The Morgan fingerprint density at radius 3 is 2.83 bits per heavy atom. The Bertz CT molecular complexity index is 1210. The summed E-state index contributed by atoms with van der Waals surface area (Å²) < 4.78 is 5.05. The number of fused-ring (bicyclic) bond motifs is 1. The summed E-state index contributed by atoms with van der Waals surface area (Å²) in [6.45, 7) is 0. The Hall–Kier alpha value is -3.01. The van der Waals surface area contributed by atoms with Gasteiger partial charge in [0, 0.05) is 16.9 Å². The van der Waals surface area contributed by atoms with Gasteiger partial charge < -0.3 is 25.4 Å². The van der Waals surface area contributed by atoms with Crippen molar-refractivity contribution < 1.29 is 33.5 Å². The number of carbonyl (C=O) groups is 4. The van der Waals surface area contributed by atoms with E-state index in [0.29, 0.717) is 5.57 Å². The predicted octanol–water partition coefficient (Wildman–Crippen LogP) is 1.40. The summed E-state index contributed by atoms with van der Waals surface area (Å²) in [6.07, 6.45) is 1.37. The third kappa shape index (κ3) is 5.32. The first-order valence-electron chi connectivity index (χ1n) is 9.55. The van der Waals surface area contributed by atoms with Crippen LogP contribution in [0.5, 0.6) is 0 Å². The van der Waals surface area contributed by atoms with E-state index in [4.69, 9.17) is 15.0 Å². The predicted molar refractivity (Wildman–Crippen MR) is 133 cm³/mol. The number of nitrogens with two attached hydrogens (primary N) is 1. The summed E-state index contributed by atoms with van der Waals surface area (Å²) in [5.74, 6) is -2.08. The van der Waals surface area contributed by atoms with Gasteiger partial charge in [-0.15, -0.1) is 35.5 Å². The minimum absolute atomic E-state index is 0. The molecule has 2 atom stereocenters. The van der Waals surface area contributed by atoms with Crippen molar-refractivity contribution in [1.29, 1.82) is 0 Å². The summed E-state index contributed by atoms with van der Waals surface area (Å²) >= 11 is 3.29. The van der Waals surface area contributed by atoms with Crippen LogP contribution in [0.15, 0.2) is 44.6 Å². The highest BCUT2D eigenvalue weighted by molar-refractivity contribution is 8.14. The molecular formula is C19H18ClN5O7S3. The molecule has 0 aromatic carbocycles. The second-order valence-electron chi connectivity index (χ2n) is 6.87. The lowest BCUT2D eigenvalue weighted by atomic mass is 10.0. The highest BCUT2D eigenvalue weighted by Crippen LogP contribution is 2.41. The third-order valence-electron chi connectivity index (χ3n) is 4.80. The summed E-state index contributed by atoms with van der Waals surface area (Å²) in [7, 11) is 1.26. The van der Waals surface area contributed by atoms with Crippen molar-refractivity contribution in [1.82, 2.24) is 15.2 Å². The number of aromatic nitrogens is 1.